The van der Waals surface area contributed by atoms with Gasteiger partial charge in [-0.05, 0) is 107 Å². The molecular weight excluding hydrogens is 652 g/mol. The smallest absolute Gasteiger partial charge is 0.320 e. The van der Waals surface area contributed by atoms with Gasteiger partial charge in [0.1, 0.15) is 11.9 Å². The van der Waals surface area contributed by atoms with E-state index < -0.39 is 0 Å². The summed E-state index contributed by atoms with van der Waals surface area (Å²) in [6, 6.07) is 17.6. The van der Waals surface area contributed by atoms with Crippen LogP contribution in [0.5, 0.6) is 0 Å². The maximum atomic E-state index is 14.2. The van der Waals surface area contributed by atoms with Gasteiger partial charge in [0.25, 0.3) is 0 Å². The van der Waals surface area contributed by atoms with Gasteiger partial charge in [0.2, 0.25) is 0 Å². The van der Waals surface area contributed by atoms with E-state index in [1.54, 1.807) is 12.1 Å². The Kier molecular flexibility index (Phi) is 15.8. The van der Waals surface area contributed by atoms with Gasteiger partial charge in [-0.1, -0.05) is 49.4 Å². The van der Waals surface area contributed by atoms with E-state index in [0.717, 1.165) is 63.7 Å². The molecule has 2 aliphatic rings. The monoisotopic (exact) mass is 699 g/mol. The van der Waals surface area contributed by atoms with Gasteiger partial charge in [-0.15, -0.1) is 48.6 Å². The summed E-state index contributed by atoms with van der Waals surface area (Å²) in [5.74, 6) is 0.649. The highest BCUT2D eigenvalue weighted by atomic mass is 35.5. The molecule has 2 heterocycles. The Morgan fingerprint density at radius 3 is 2.40 bits per heavy atom. The minimum atomic E-state index is -0.211. The molecule has 0 radical (unpaired) electrons. The van der Waals surface area contributed by atoms with Gasteiger partial charge in [-0.3, -0.25) is 4.79 Å². The first-order valence-corrected chi connectivity index (χ1v) is 16.4. The number of benzene rings is 2. The lowest BCUT2D eigenvalue weighted by Crippen LogP contribution is -2.40. The van der Waals surface area contributed by atoms with Gasteiger partial charge in [0.05, 0.1) is 17.2 Å². The van der Waals surface area contributed by atoms with Crippen molar-refractivity contribution < 1.29 is 13.9 Å². The molecule has 2 aromatic carbocycles. The summed E-state index contributed by atoms with van der Waals surface area (Å²) in [4.78, 5) is 21.7. The van der Waals surface area contributed by atoms with Crippen LogP contribution in [0.4, 0.5) is 4.39 Å². The van der Waals surface area contributed by atoms with Crippen molar-refractivity contribution in [2.45, 2.75) is 89.7 Å². The first kappa shape index (κ1) is 39.4. The first-order valence-electron chi connectivity index (χ1n) is 15.6. The van der Waals surface area contributed by atoms with E-state index in [9.17, 15) is 9.18 Å². The van der Waals surface area contributed by atoms with Crippen molar-refractivity contribution >= 4 is 54.5 Å². The molecule has 1 saturated heterocycles. The molecule has 0 spiro atoms. The average molecular weight is 701 g/mol. The third kappa shape index (κ3) is 11.2. The van der Waals surface area contributed by atoms with Crippen molar-refractivity contribution in [3.8, 4) is 0 Å². The number of nitrogens with zero attached hydrogens (tertiary/aromatic N) is 2. The molecule has 1 aliphatic carbocycles. The van der Waals surface area contributed by atoms with Crippen LogP contribution in [0, 0.1) is 11.7 Å². The number of hydrogen-bond acceptors (Lipinski definition) is 6. The predicted octanol–water partition coefficient (Wildman–Crippen LogP) is 8.37. The fraction of sp³-hybridized carbons (Fsp3) is 0.543. The second kappa shape index (κ2) is 18.0. The maximum absolute atomic E-state index is 14.2. The van der Waals surface area contributed by atoms with Gasteiger partial charge in [0.15, 0.2) is 0 Å². The molecule has 0 unspecified atom stereocenters. The molecule has 3 atom stereocenters. The molecule has 45 heavy (non-hydrogen) atoms. The lowest BCUT2D eigenvalue weighted by atomic mass is 9.87. The van der Waals surface area contributed by atoms with Gasteiger partial charge in [-0.25, -0.2) is 9.37 Å². The quantitative estimate of drug-likeness (QED) is 0.216. The van der Waals surface area contributed by atoms with Crippen LogP contribution in [-0.4, -0.2) is 53.7 Å². The number of ether oxygens (including phenoxy) is 1. The third-order valence-corrected chi connectivity index (χ3v) is 10.0. The van der Waals surface area contributed by atoms with Crippen LogP contribution in [-0.2, 0) is 22.4 Å². The van der Waals surface area contributed by atoms with Crippen molar-refractivity contribution in [2.24, 2.45) is 5.92 Å². The molecule has 1 aliphatic heterocycles. The molecule has 250 valence electrons. The number of aromatic nitrogens is 1. The maximum Gasteiger partial charge on any atom is 0.320 e. The van der Waals surface area contributed by atoms with Crippen molar-refractivity contribution in [1.82, 2.24) is 15.2 Å². The Morgan fingerprint density at radius 1 is 1.04 bits per heavy atom. The summed E-state index contributed by atoms with van der Waals surface area (Å²) >= 11 is 1.91. The van der Waals surface area contributed by atoms with Crippen molar-refractivity contribution in [3.05, 3.63) is 87.1 Å². The number of esters is 1. The summed E-state index contributed by atoms with van der Waals surface area (Å²) < 4.78 is 20.1. The number of piperidine rings is 1. The molecule has 1 saturated carbocycles. The molecule has 1 N–H and O–H groups in total. The van der Waals surface area contributed by atoms with E-state index in [0.29, 0.717) is 11.8 Å². The lowest BCUT2D eigenvalue weighted by Gasteiger charge is -2.34. The van der Waals surface area contributed by atoms with E-state index in [-0.39, 0.29) is 73.1 Å². The number of aryl methyl sites for hydroxylation is 1. The summed E-state index contributed by atoms with van der Waals surface area (Å²) in [5, 5.41) is 4.45. The number of halogens is 4. The molecule has 2 fully saturated rings. The van der Waals surface area contributed by atoms with E-state index in [1.807, 2.05) is 38.2 Å². The molecule has 5 rings (SSSR count). The molecule has 3 aromatic rings. The number of thiazole rings is 1. The number of likely N-dealkylation sites (tertiary alicyclic amines) is 1. The second-order valence-corrected chi connectivity index (χ2v) is 14.2. The Morgan fingerprint density at radius 2 is 1.76 bits per heavy atom. The van der Waals surface area contributed by atoms with Gasteiger partial charge in [-0.2, -0.15) is 0 Å². The Bertz CT molecular complexity index is 1330. The highest BCUT2D eigenvalue weighted by molar-refractivity contribution is 7.11. The zero-order chi connectivity index (χ0) is 29.7. The van der Waals surface area contributed by atoms with E-state index in [1.165, 1.54) is 27.2 Å². The first-order chi connectivity index (χ1) is 20.2. The standard InChI is InChI=1S/C35H46FN3O2S.3ClH/c1-5-31-34(42-32(38-31)18-24-10-7-6-8-11-24)25-14-16-39(17-15-25)23-27-20-29(41-33(40)22-37-35(2,3)4)21-30(27)26-12-9-13-28(36)19-26;;;/h6-13,19,25,27,29-30,37H,5,14-18,20-23H2,1-4H3;3*1H/t27-,29+,30-;;;/m1.../s1. The summed E-state index contributed by atoms with van der Waals surface area (Å²) in [6.45, 7) is 11.6. The van der Waals surface area contributed by atoms with Gasteiger partial charge in [0, 0.05) is 23.4 Å². The van der Waals surface area contributed by atoms with Crippen LogP contribution in [0.1, 0.15) is 91.9 Å². The van der Waals surface area contributed by atoms with Crippen molar-refractivity contribution in [1.29, 1.82) is 0 Å². The van der Waals surface area contributed by atoms with Crippen LogP contribution < -0.4 is 5.32 Å². The number of carbonyl (C=O) groups is 1. The van der Waals surface area contributed by atoms with Crippen LogP contribution in [0.3, 0.4) is 0 Å². The Labute approximate surface area is 291 Å². The van der Waals surface area contributed by atoms with E-state index in [2.05, 4.69) is 47.5 Å². The molecule has 1 aromatic heterocycles. The fourth-order valence-electron chi connectivity index (χ4n) is 6.62. The fourth-order valence-corrected chi connectivity index (χ4v) is 7.98. The molecule has 0 amide bonds. The average Bonchev–Trinajstić information content (AvgIpc) is 3.56. The van der Waals surface area contributed by atoms with Crippen LogP contribution in [0.2, 0.25) is 0 Å². The van der Waals surface area contributed by atoms with Crippen molar-refractivity contribution in [3.63, 3.8) is 0 Å². The number of nitrogens with one attached hydrogen (secondary N) is 1. The zero-order valence-electron chi connectivity index (χ0n) is 26.8. The highest BCUT2D eigenvalue weighted by Crippen LogP contribution is 2.43. The largest absolute Gasteiger partial charge is 0.461 e. The second-order valence-electron chi connectivity index (χ2n) is 13.1. The molecule has 0 bridgehead atoms. The van der Waals surface area contributed by atoms with Gasteiger partial charge >= 0.3 is 5.97 Å². The van der Waals surface area contributed by atoms with Gasteiger partial charge < -0.3 is 15.0 Å². The van der Waals surface area contributed by atoms with Crippen molar-refractivity contribution in [2.75, 3.05) is 26.2 Å². The summed E-state index contributed by atoms with van der Waals surface area (Å²) in [7, 11) is 0. The minimum absolute atomic E-state index is 0. The summed E-state index contributed by atoms with van der Waals surface area (Å²) in [5.41, 5.74) is 3.46. The Hall–Kier alpha value is -1.74. The number of rotatable bonds is 10. The van der Waals surface area contributed by atoms with E-state index in [4.69, 9.17) is 9.72 Å². The normalized spacial score (nSPS) is 20.5. The Balaban J connectivity index is 0.00000235. The molecule has 10 heteroatoms. The lowest BCUT2D eigenvalue weighted by molar-refractivity contribution is -0.148. The number of hydrogen-bond donors (Lipinski definition) is 1. The summed E-state index contributed by atoms with van der Waals surface area (Å²) in [6.07, 6.45) is 5.57. The molecule has 5 nitrogen and oxygen atoms in total. The highest BCUT2D eigenvalue weighted by Gasteiger charge is 2.39. The van der Waals surface area contributed by atoms with Crippen LogP contribution in [0.25, 0.3) is 0 Å². The topological polar surface area (TPSA) is 54.5 Å². The molecular formula is C35H49Cl3FN3O2S. The van der Waals surface area contributed by atoms with Crippen LogP contribution >= 0.6 is 48.6 Å². The predicted molar refractivity (Wildman–Crippen MR) is 190 cm³/mol. The SMILES string of the molecule is CCc1nc(Cc2ccccc2)sc1C1CCN(C[C@H]2C[C@H](OC(=O)CNC(C)(C)C)C[C@@H]2c2cccc(F)c2)CC1.Cl.Cl.Cl. The minimum Gasteiger partial charge on any atom is -0.461 e. The third-order valence-electron chi connectivity index (χ3n) is 8.75. The zero-order valence-corrected chi connectivity index (χ0v) is 30.1. The number of carbonyl (C=O) groups excluding carboxylic acids is 1. The van der Waals surface area contributed by atoms with Crippen LogP contribution in [0.15, 0.2) is 54.6 Å². The van der Waals surface area contributed by atoms with E-state index >= 15 is 0 Å².